The Morgan fingerprint density at radius 1 is 1.12 bits per heavy atom. The Bertz CT molecular complexity index is 1160. The van der Waals surface area contributed by atoms with Gasteiger partial charge in [0.1, 0.15) is 0 Å². The normalized spacial score (nSPS) is 24.2. The molecule has 3 aliphatic heterocycles. The van der Waals surface area contributed by atoms with Crippen molar-refractivity contribution in [3.8, 4) is 0 Å². The van der Waals surface area contributed by atoms with Crippen molar-refractivity contribution in [1.82, 2.24) is 14.9 Å². The summed E-state index contributed by atoms with van der Waals surface area (Å²) in [6, 6.07) is 7.24. The largest absolute Gasteiger partial charge is 0.337 e. The summed E-state index contributed by atoms with van der Waals surface area (Å²) in [6.45, 7) is 4.56. The number of nitrogens with one attached hydrogen (secondary N) is 1. The van der Waals surface area contributed by atoms with Gasteiger partial charge in [-0.1, -0.05) is 17.8 Å². The first-order valence-electron chi connectivity index (χ1n) is 10.5. The lowest BCUT2D eigenvalue weighted by Gasteiger charge is -2.34. The molecule has 3 aliphatic rings. The van der Waals surface area contributed by atoms with Crippen molar-refractivity contribution in [2.75, 3.05) is 47.9 Å². The highest BCUT2D eigenvalue weighted by molar-refractivity contribution is 8.15. The maximum Gasteiger partial charge on any atom is 0.254 e. The highest BCUT2D eigenvalue weighted by atomic mass is 32.2. The van der Waals surface area contributed by atoms with Gasteiger partial charge in [-0.3, -0.25) is 9.79 Å². The molecule has 0 aliphatic carbocycles. The number of hydrogen-bond acceptors (Lipinski definition) is 9. The van der Waals surface area contributed by atoms with Gasteiger partial charge in [-0.25, -0.2) is 18.4 Å². The molecular formula is C21H24N6O3S2. The molecule has 1 aromatic heterocycles. The zero-order valence-corrected chi connectivity index (χ0v) is 19.3. The second-order valence-corrected chi connectivity index (χ2v) is 11.6. The molecule has 0 spiro atoms. The van der Waals surface area contributed by atoms with Crippen LogP contribution in [-0.2, 0) is 9.84 Å². The SMILES string of the molecule is Cc1ccc(C(=O)N2CCN(c3ncccn3)CC2)cc1NC1=N[C@H]2CS(=O)(=O)C[C@H]2S1. The van der Waals surface area contributed by atoms with Crippen LogP contribution in [0.1, 0.15) is 15.9 Å². The number of piperazine rings is 1. The van der Waals surface area contributed by atoms with Gasteiger partial charge in [0.2, 0.25) is 5.95 Å². The van der Waals surface area contributed by atoms with E-state index in [0.717, 1.165) is 16.4 Å². The minimum atomic E-state index is -2.98. The number of amides is 1. The zero-order chi connectivity index (χ0) is 22.3. The van der Waals surface area contributed by atoms with E-state index in [1.54, 1.807) is 18.5 Å². The van der Waals surface area contributed by atoms with Crippen molar-refractivity contribution < 1.29 is 13.2 Å². The Hall–Kier alpha value is -2.66. The Morgan fingerprint density at radius 2 is 1.88 bits per heavy atom. The first-order valence-corrected chi connectivity index (χ1v) is 13.2. The van der Waals surface area contributed by atoms with Crippen molar-refractivity contribution in [3.63, 3.8) is 0 Å². The standard InChI is InChI=1S/C21H24N6O3S2/c1-14-3-4-15(11-16(14)24-21-25-17-12-32(29,30)13-18(17)31-21)19(28)26-7-9-27(10-8-26)20-22-5-2-6-23-20/h2-6,11,17-18H,7-10,12-13H2,1H3,(H,24,25)/t17-,18+/m0/s1. The number of nitrogens with zero attached hydrogens (tertiary/aromatic N) is 5. The summed E-state index contributed by atoms with van der Waals surface area (Å²) in [7, 11) is -2.98. The number of aryl methyl sites for hydroxylation is 1. The molecule has 168 valence electrons. The number of rotatable bonds is 3. The topological polar surface area (TPSA) is 108 Å². The predicted octanol–water partition coefficient (Wildman–Crippen LogP) is 1.43. The van der Waals surface area contributed by atoms with Gasteiger partial charge in [-0.05, 0) is 30.7 Å². The van der Waals surface area contributed by atoms with E-state index < -0.39 is 9.84 Å². The second kappa shape index (κ2) is 8.36. The number of sulfone groups is 1. The van der Waals surface area contributed by atoms with E-state index in [9.17, 15) is 13.2 Å². The Morgan fingerprint density at radius 3 is 2.59 bits per heavy atom. The van der Waals surface area contributed by atoms with Crippen molar-refractivity contribution in [2.45, 2.75) is 18.2 Å². The molecule has 2 aromatic rings. The van der Waals surface area contributed by atoms with Gasteiger partial charge in [0.15, 0.2) is 15.0 Å². The van der Waals surface area contributed by atoms with E-state index in [4.69, 9.17) is 0 Å². The van der Waals surface area contributed by atoms with E-state index in [1.807, 2.05) is 30.0 Å². The smallest absolute Gasteiger partial charge is 0.254 e. The average Bonchev–Trinajstić information content (AvgIpc) is 3.28. The van der Waals surface area contributed by atoms with Crippen LogP contribution in [0.5, 0.6) is 0 Å². The number of aliphatic imine (C=N–C) groups is 1. The molecule has 0 bridgehead atoms. The highest BCUT2D eigenvalue weighted by Crippen LogP contribution is 2.35. The number of amidine groups is 1. The molecule has 1 aromatic carbocycles. The number of thioether (sulfide) groups is 1. The van der Waals surface area contributed by atoms with Crippen molar-refractivity contribution in [2.24, 2.45) is 4.99 Å². The number of carbonyl (C=O) groups excluding carboxylic acids is 1. The average molecular weight is 473 g/mol. The van der Waals surface area contributed by atoms with Crippen LogP contribution in [0.4, 0.5) is 11.6 Å². The molecule has 0 radical (unpaired) electrons. The lowest BCUT2D eigenvalue weighted by Crippen LogP contribution is -2.49. The van der Waals surface area contributed by atoms with Crippen LogP contribution in [0, 0.1) is 6.92 Å². The third-order valence-corrected chi connectivity index (χ3v) is 9.09. The van der Waals surface area contributed by atoms with Crippen molar-refractivity contribution in [3.05, 3.63) is 47.8 Å². The van der Waals surface area contributed by atoms with Gasteiger partial charge < -0.3 is 15.1 Å². The Kier molecular flexibility index (Phi) is 5.54. The lowest BCUT2D eigenvalue weighted by molar-refractivity contribution is 0.0746. The van der Waals surface area contributed by atoms with Gasteiger partial charge in [0, 0.05) is 55.1 Å². The molecule has 1 amide bonds. The summed E-state index contributed by atoms with van der Waals surface area (Å²) in [5, 5.41) is 4.02. The second-order valence-electron chi connectivity index (χ2n) is 8.22. The van der Waals surface area contributed by atoms with E-state index in [0.29, 0.717) is 37.7 Å². The molecule has 1 N–H and O–H groups in total. The van der Waals surface area contributed by atoms with Gasteiger partial charge >= 0.3 is 0 Å². The summed E-state index contributed by atoms with van der Waals surface area (Å²) in [6.07, 6.45) is 3.44. The van der Waals surface area contributed by atoms with Crippen molar-refractivity contribution in [1.29, 1.82) is 0 Å². The number of aromatic nitrogens is 2. The molecule has 9 nitrogen and oxygen atoms in total. The van der Waals surface area contributed by atoms with E-state index in [1.165, 1.54) is 11.8 Å². The summed E-state index contributed by atoms with van der Waals surface area (Å²) in [5.74, 6) is 0.974. The predicted molar refractivity (Wildman–Crippen MR) is 126 cm³/mol. The van der Waals surface area contributed by atoms with Crippen LogP contribution in [0.25, 0.3) is 0 Å². The summed E-state index contributed by atoms with van der Waals surface area (Å²) in [4.78, 5) is 30.2. The monoisotopic (exact) mass is 472 g/mol. The molecule has 2 atom stereocenters. The summed E-state index contributed by atoms with van der Waals surface area (Å²) < 4.78 is 23.6. The molecule has 0 saturated carbocycles. The summed E-state index contributed by atoms with van der Waals surface area (Å²) in [5.41, 5.74) is 2.44. The maximum atomic E-state index is 13.1. The number of fused-ring (bicyclic) bond motifs is 1. The number of hydrogen-bond donors (Lipinski definition) is 1. The van der Waals surface area contributed by atoms with Crippen LogP contribution >= 0.6 is 11.8 Å². The van der Waals surface area contributed by atoms with Gasteiger partial charge in [-0.2, -0.15) is 0 Å². The van der Waals surface area contributed by atoms with Crippen LogP contribution in [0.3, 0.4) is 0 Å². The third-order valence-electron chi connectivity index (χ3n) is 5.95. The van der Waals surface area contributed by atoms with Crippen LogP contribution in [-0.4, -0.2) is 83.3 Å². The van der Waals surface area contributed by atoms with Crippen LogP contribution in [0.2, 0.25) is 0 Å². The molecule has 32 heavy (non-hydrogen) atoms. The van der Waals surface area contributed by atoms with Gasteiger partial charge in [-0.15, -0.1) is 0 Å². The van der Waals surface area contributed by atoms with Crippen molar-refractivity contribution >= 4 is 44.3 Å². The van der Waals surface area contributed by atoms with E-state index >= 15 is 0 Å². The van der Waals surface area contributed by atoms with Crippen LogP contribution < -0.4 is 10.2 Å². The Balaban J connectivity index is 1.25. The molecule has 2 saturated heterocycles. The maximum absolute atomic E-state index is 13.1. The summed E-state index contributed by atoms with van der Waals surface area (Å²) >= 11 is 1.47. The number of carbonyl (C=O) groups is 1. The highest BCUT2D eigenvalue weighted by Gasteiger charge is 2.42. The third kappa shape index (κ3) is 4.31. The minimum Gasteiger partial charge on any atom is -0.337 e. The quantitative estimate of drug-likeness (QED) is 0.715. The first-order chi connectivity index (χ1) is 15.4. The van der Waals surface area contributed by atoms with Crippen LogP contribution in [0.15, 0.2) is 41.7 Å². The lowest BCUT2D eigenvalue weighted by atomic mass is 10.1. The molecule has 5 rings (SSSR count). The van der Waals surface area contributed by atoms with E-state index in [2.05, 4.69) is 25.2 Å². The van der Waals surface area contributed by atoms with Gasteiger partial charge in [0.25, 0.3) is 5.91 Å². The first kappa shape index (κ1) is 21.2. The molecule has 2 fully saturated rings. The fourth-order valence-electron chi connectivity index (χ4n) is 4.17. The Labute approximate surface area is 191 Å². The number of anilines is 2. The fourth-order valence-corrected chi connectivity index (χ4v) is 7.84. The zero-order valence-electron chi connectivity index (χ0n) is 17.6. The molecule has 11 heteroatoms. The number of benzene rings is 1. The van der Waals surface area contributed by atoms with E-state index in [-0.39, 0.29) is 28.7 Å². The molecule has 0 unspecified atom stereocenters. The van der Waals surface area contributed by atoms with Gasteiger partial charge in [0.05, 0.1) is 17.5 Å². The minimum absolute atomic E-state index is 0.00865. The molecule has 4 heterocycles. The fraction of sp³-hybridized carbons (Fsp3) is 0.429. The molecular weight excluding hydrogens is 448 g/mol.